The number of carbonyl (C=O) groups excluding carboxylic acids is 1. The minimum absolute atomic E-state index is 0.228. The van der Waals surface area contributed by atoms with Gasteiger partial charge in [-0.1, -0.05) is 18.2 Å². The SMILES string of the molecule is COCCN(C(=O)OC(C)(C)C)c1cccc(CCOc2ccc(C3CC3CC(=O)O)cc2)n1. The molecular formula is C26H34N2O6. The molecule has 0 aliphatic heterocycles. The zero-order valence-corrected chi connectivity index (χ0v) is 20.3. The molecular weight excluding hydrogens is 436 g/mol. The number of aromatic nitrogens is 1. The fourth-order valence-corrected chi connectivity index (χ4v) is 3.75. The van der Waals surface area contributed by atoms with Crippen molar-refractivity contribution < 1.29 is 28.9 Å². The molecule has 184 valence electrons. The maximum absolute atomic E-state index is 12.7. The Morgan fingerprint density at radius 2 is 1.85 bits per heavy atom. The molecule has 0 saturated heterocycles. The highest BCUT2D eigenvalue weighted by Crippen LogP contribution is 2.49. The molecule has 1 fully saturated rings. The average molecular weight is 471 g/mol. The largest absolute Gasteiger partial charge is 0.493 e. The first-order chi connectivity index (χ1) is 16.2. The van der Waals surface area contributed by atoms with Gasteiger partial charge in [0.15, 0.2) is 0 Å². The van der Waals surface area contributed by atoms with E-state index in [4.69, 9.17) is 19.3 Å². The predicted molar refractivity (Wildman–Crippen MR) is 128 cm³/mol. The van der Waals surface area contributed by atoms with Crippen LogP contribution < -0.4 is 9.64 Å². The molecule has 1 saturated carbocycles. The standard InChI is InChI=1S/C26H34N2O6/c1-26(2,3)34-25(31)28(13-15-32-4)23-7-5-6-20(27-23)12-14-33-21-10-8-18(9-11-21)22-16-19(22)17-24(29)30/h5-11,19,22H,12-17H2,1-4H3,(H,29,30). The number of methoxy groups -OCH3 is 1. The summed E-state index contributed by atoms with van der Waals surface area (Å²) in [6.07, 6.45) is 1.27. The minimum atomic E-state index is -0.738. The molecule has 8 nitrogen and oxygen atoms in total. The van der Waals surface area contributed by atoms with E-state index in [1.165, 1.54) is 4.90 Å². The van der Waals surface area contributed by atoms with Crippen molar-refractivity contribution in [1.82, 2.24) is 4.98 Å². The van der Waals surface area contributed by atoms with E-state index < -0.39 is 17.7 Å². The molecule has 34 heavy (non-hydrogen) atoms. The van der Waals surface area contributed by atoms with Crippen molar-refractivity contribution in [2.24, 2.45) is 5.92 Å². The highest BCUT2D eigenvalue weighted by molar-refractivity contribution is 5.86. The number of aliphatic carboxylic acids is 1. The molecule has 2 aromatic rings. The number of anilines is 1. The Kier molecular flexibility index (Phi) is 8.50. The zero-order chi connectivity index (χ0) is 24.7. The molecule has 0 spiro atoms. The zero-order valence-electron chi connectivity index (χ0n) is 20.3. The van der Waals surface area contributed by atoms with Crippen LogP contribution in [-0.4, -0.2) is 54.6 Å². The van der Waals surface area contributed by atoms with E-state index >= 15 is 0 Å². The number of amides is 1. The number of nitrogens with zero attached hydrogens (tertiary/aromatic N) is 2. The van der Waals surface area contributed by atoms with E-state index in [2.05, 4.69) is 4.98 Å². The van der Waals surface area contributed by atoms with Gasteiger partial charge < -0.3 is 19.3 Å². The summed E-state index contributed by atoms with van der Waals surface area (Å²) >= 11 is 0. The summed E-state index contributed by atoms with van der Waals surface area (Å²) in [5.74, 6) is 1.10. The highest BCUT2D eigenvalue weighted by Gasteiger charge is 2.39. The number of ether oxygens (including phenoxy) is 3. The molecule has 3 rings (SSSR count). The maximum atomic E-state index is 12.7. The summed E-state index contributed by atoms with van der Waals surface area (Å²) < 4.78 is 16.5. The van der Waals surface area contributed by atoms with Crippen LogP contribution in [0.25, 0.3) is 0 Å². The topological polar surface area (TPSA) is 98.2 Å². The van der Waals surface area contributed by atoms with Crippen LogP contribution in [0.1, 0.15) is 50.8 Å². The van der Waals surface area contributed by atoms with Gasteiger partial charge in [0.25, 0.3) is 0 Å². The van der Waals surface area contributed by atoms with Crippen molar-refractivity contribution in [3.8, 4) is 5.75 Å². The summed E-state index contributed by atoms with van der Waals surface area (Å²) in [5.41, 5.74) is 1.35. The van der Waals surface area contributed by atoms with Crippen LogP contribution in [0.4, 0.5) is 10.6 Å². The number of benzene rings is 1. The molecule has 0 bridgehead atoms. The smallest absolute Gasteiger partial charge is 0.416 e. The van der Waals surface area contributed by atoms with Crippen molar-refractivity contribution in [1.29, 1.82) is 0 Å². The lowest BCUT2D eigenvalue weighted by atomic mass is 10.1. The van der Waals surface area contributed by atoms with Crippen LogP contribution >= 0.6 is 0 Å². The van der Waals surface area contributed by atoms with Gasteiger partial charge in [0.2, 0.25) is 0 Å². The molecule has 1 amide bonds. The molecule has 1 aliphatic carbocycles. The average Bonchev–Trinajstić information content (AvgIpc) is 3.52. The van der Waals surface area contributed by atoms with Gasteiger partial charge in [0, 0.05) is 25.6 Å². The molecule has 2 unspecified atom stereocenters. The fourth-order valence-electron chi connectivity index (χ4n) is 3.75. The summed E-state index contributed by atoms with van der Waals surface area (Å²) in [4.78, 5) is 29.6. The molecule has 8 heteroatoms. The van der Waals surface area contributed by atoms with Gasteiger partial charge in [-0.25, -0.2) is 9.78 Å². The number of carboxylic acid groups (broad SMARTS) is 1. The Bertz CT molecular complexity index is 970. The second kappa shape index (κ2) is 11.3. The lowest BCUT2D eigenvalue weighted by Crippen LogP contribution is -2.39. The van der Waals surface area contributed by atoms with E-state index in [0.29, 0.717) is 37.9 Å². The van der Waals surface area contributed by atoms with Gasteiger partial charge in [-0.2, -0.15) is 0 Å². The van der Waals surface area contributed by atoms with Crippen molar-refractivity contribution in [2.45, 2.75) is 51.6 Å². The third-order valence-corrected chi connectivity index (χ3v) is 5.50. The van der Waals surface area contributed by atoms with Crippen molar-refractivity contribution in [3.63, 3.8) is 0 Å². The van der Waals surface area contributed by atoms with Gasteiger partial charge in [-0.3, -0.25) is 9.69 Å². The number of rotatable bonds is 11. The number of hydrogen-bond donors (Lipinski definition) is 1. The molecule has 2 atom stereocenters. The molecule has 1 aromatic heterocycles. The van der Waals surface area contributed by atoms with Crippen LogP contribution in [-0.2, 0) is 20.7 Å². The van der Waals surface area contributed by atoms with Crippen LogP contribution in [0.3, 0.4) is 0 Å². The first kappa shape index (κ1) is 25.5. The van der Waals surface area contributed by atoms with Crippen LogP contribution in [0.5, 0.6) is 5.75 Å². The van der Waals surface area contributed by atoms with E-state index in [9.17, 15) is 9.59 Å². The van der Waals surface area contributed by atoms with Crippen LogP contribution in [0, 0.1) is 5.92 Å². The molecule has 1 aromatic carbocycles. The minimum Gasteiger partial charge on any atom is -0.493 e. The lowest BCUT2D eigenvalue weighted by molar-refractivity contribution is -0.137. The maximum Gasteiger partial charge on any atom is 0.416 e. The fraction of sp³-hybridized carbons (Fsp3) is 0.500. The van der Waals surface area contributed by atoms with Crippen molar-refractivity contribution in [3.05, 3.63) is 53.7 Å². The highest BCUT2D eigenvalue weighted by atomic mass is 16.6. The van der Waals surface area contributed by atoms with Gasteiger partial charge in [0.05, 0.1) is 19.8 Å². The normalized spacial score (nSPS) is 17.2. The van der Waals surface area contributed by atoms with Crippen molar-refractivity contribution in [2.75, 3.05) is 31.8 Å². The molecule has 1 N–H and O–H groups in total. The Hall–Kier alpha value is -3.13. The summed E-state index contributed by atoms with van der Waals surface area (Å²) in [6, 6.07) is 13.4. The number of hydrogen-bond acceptors (Lipinski definition) is 6. The Labute approximate surface area is 200 Å². The van der Waals surface area contributed by atoms with Gasteiger partial charge in [-0.05, 0) is 68.9 Å². The summed E-state index contributed by atoms with van der Waals surface area (Å²) in [7, 11) is 1.58. The summed E-state index contributed by atoms with van der Waals surface area (Å²) in [6.45, 7) is 6.61. The Morgan fingerprint density at radius 3 is 2.50 bits per heavy atom. The van der Waals surface area contributed by atoms with E-state index in [-0.39, 0.29) is 12.3 Å². The number of carboxylic acids is 1. The van der Waals surface area contributed by atoms with Crippen molar-refractivity contribution >= 4 is 17.9 Å². The third kappa shape index (κ3) is 7.73. The number of pyridine rings is 1. The van der Waals surface area contributed by atoms with E-state index in [1.807, 2.05) is 57.2 Å². The van der Waals surface area contributed by atoms with Gasteiger partial charge in [0.1, 0.15) is 17.2 Å². The lowest BCUT2D eigenvalue weighted by Gasteiger charge is -2.26. The Balaban J connectivity index is 1.55. The van der Waals surface area contributed by atoms with E-state index in [1.54, 1.807) is 13.2 Å². The van der Waals surface area contributed by atoms with Gasteiger partial charge in [-0.15, -0.1) is 0 Å². The molecule has 1 heterocycles. The van der Waals surface area contributed by atoms with E-state index in [0.717, 1.165) is 23.4 Å². The van der Waals surface area contributed by atoms with Crippen LogP contribution in [0.15, 0.2) is 42.5 Å². The molecule has 0 radical (unpaired) electrons. The Morgan fingerprint density at radius 1 is 1.12 bits per heavy atom. The second-order valence-electron chi connectivity index (χ2n) is 9.48. The quantitative estimate of drug-likeness (QED) is 0.510. The number of carbonyl (C=O) groups is 2. The molecule has 1 aliphatic rings. The first-order valence-corrected chi connectivity index (χ1v) is 11.6. The second-order valence-corrected chi connectivity index (χ2v) is 9.48. The van der Waals surface area contributed by atoms with Gasteiger partial charge >= 0.3 is 12.1 Å². The third-order valence-electron chi connectivity index (χ3n) is 5.50. The first-order valence-electron chi connectivity index (χ1n) is 11.6. The summed E-state index contributed by atoms with van der Waals surface area (Å²) in [5, 5.41) is 8.92. The monoisotopic (exact) mass is 470 g/mol. The predicted octanol–water partition coefficient (Wildman–Crippen LogP) is 4.67. The van der Waals surface area contributed by atoms with Crippen LogP contribution in [0.2, 0.25) is 0 Å².